The highest BCUT2D eigenvalue weighted by molar-refractivity contribution is 5.79. The molecule has 1 unspecified atom stereocenters. The van der Waals surface area contributed by atoms with Crippen LogP contribution < -0.4 is 16.0 Å². The highest BCUT2D eigenvalue weighted by Gasteiger charge is 2.17. The predicted molar refractivity (Wildman–Crippen MR) is 107 cm³/mol. The Bertz CT molecular complexity index is 836. The van der Waals surface area contributed by atoms with Crippen LogP contribution in [-0.4, -0.2) is 29.8 Å². The van der Waals surface area contributed by atoms with Crippen LogP contribution in [0, 0.1) is 17.0 Å². The highest BCUT2D eigenvalue weighted by atomic mass is 16.6. The van der Waals surface area contributed by atoms with E-state index in [-0.39, 0.29) is 23.9 Å². The fourth-order valence-corrected chi connectivity index (χ4v) is 2.74. The number of hydrogen-bond donors (Lipinski definition) is 3. The minimum absolute atomic E-state index is 0.0149. The van der Waals surface area contributed by atoms with Gasteiger partial charge in [-0.15, -0.1) is 0 Å². The molecule has 0 heterocycles. The summed E-state index contributed by atoms with van der Waals surface area (Å²) in [5.74, 6) is -0.430. The number of para-hydroxylation sites is 2. The number of carbonyl (C=O) groups excluding carboxylic acids is 2. The third-order valence-corrected chi connectivity index (χ3v) is 4.11. The first kappa shape index (κ1) is 20.9. The number of aryl methyl sites for hydroxylation is 1. The Balaban J connectivity index is 1.87. The summed E-state index contributed by atoms with van der Waals surface area (Å²) in [6.45, 7) is 4.02. The minimum atomic E-state index is -0.458. The van der Waals surface area contributed by atoms with Gasteiger partial charge >= 0.3 is 0 Å². The van der Waals surface area contributed by atoms with Crippen LogP contribution in [-0.2, 0) is 9.59 Å². The van der Waals surface area contributed by atoms with E-state index in [1.165, 1.54) is 13.0 Å². The number of amides is 2. The van der Waals surface area contributed by atoms with E-state index in [2.05, 4.69) is 16.0 Å². The summed E-state index contributed by atoms with van der Waals surface area (Å²) < 4.78 is 0. The van der Waals surface area contributed by atoms with Gasteiger partial charge in [0.25, 0.3) is 5.69 Å². The monoisotopic (exact) mass is 384 g/mol. The zero-order valence-electron chi connectivity index (χ0n) is 15.9. The molecule has 0 radical (unpaired) electrons. The summed E-state index contributed by atoms with van der Waals surface area (Å²) in [7, 11) is 0. The summed E-state index contributed by atoms with van der Waals surface area (Å²) in [4.78, 5) is 34.3. The van der Waals surface area contributed by atoms with Crippen molar-refractivity contribution < 1.29 is 14.5 Å². The molecule has 8 heteroatoms. The van der Waals surface area contributed by atoms with Crippen LogP contribution in [0.5, 0.6) is 0 Å². The molecule has 0 bridgehead atoms. The van der Waals surface area contributed by atoms with Crippen molar-refractivity contribution >= 4 is 23.2 Å². The average molecular weight is 384 g/mol. The van der Waals surface area contributed by atoms with Crippen molar-refractivity contribution in [3.05, 3.63) is 69.8 Å². The molecule has 8 nitrogen and oxygen atoms in total. The first-order chi connectivity index (χ1) is 13.4. The van der Waals surface area contributed by atoms with Crippen LogP contribution in [0.4, 0.5) is 11.4 Å². The SMILES string of the molecule is CC(=O)NC(CC(=O)NCCNc1ccccc1[N+](=O)[O-])c1ccc(C)cc1. The van der Waals surface area contributed by atoms with Gasteiger partial charge in [0.2, 0.25) is 11.8 Å². The van der Waals surface area contributed by atoms with Crippen molar-refractivity contribution in [2.45, 2.75) is 26.3 Å². The van der Waals surface area contributed by atoms with Crippen molar-refractivity contribution in [2.24, 2.45) is 0 Å². The molecule has 0 saturated carbocycles. The van der Waals surface area contributed by atoms with E-state index in [9.17, 15) is 19.7 Å². The second-order valence-electron chi connectivity index (χ2n) is 6.42. The van der Waals surface area contributed by atoms with Gasteiger partial charge < -0.3 is 16.0 Å². The molecule has 0 aliphatic carbocycles. The summed E-state index contributed by atoms with van der Waals surface area (Å²) in [5, 5.41) is 19.5. The molecule has 3 N–H and O–H groups in total. The number of nitrogens with zero attached hydrogens (tertiary/aromatic N) is 1. The van der Waals surface area contributed by atoms with E-state index >= 15 is 0 Å². The number of rotatable bonds is 9. The van der Waals surface area contributed by atoms with Crippen LogP contribution >= 0.6 is 0 Å². The van der Waals surface area contributed by atoms with Crippen LogP contribution in [0.25, 0.3) is 0 Å². The summed E-state index contributed by atoms with van der Waals surface area (Å²) in [6.07, 6.45) is 0.105. The fraction of sp³-hybridized carbons (Fsp3) is 0.300. The molecule has 0 aliphatic rings. The van der Waals surface area contributed by atoms with Crippen LogP contribution in [0.3, 0.4) is 0 Å². The normalized spacial score (nSPS) is 11.4. The molecule has 0 spiro atoms. The van der Waals surface area contributed by atoms with Gasteiger partial charge in [-0.3, -0.25) is 19.7 Å². The number of nitro benzene ring substituents is 1. The maximum Gasteiger partial charge on any atom is 0.292 e. The molecule has 148 valence electrons. The van der Waals surface area contributed by atoms with Crippen LogP contribution in [0.2, 0.25) is 0 Å². The minimum Gasteiger partial charge on any atom is -0.378 e. The lowest BCUT2D eigenvalue weighted by molar-refractivity contribution is -0.384. The lowest BCUT2D eigenvalue weighted by Gasteiger charge is -2.18. The molecule has 2 aromatic carbocycles. The summed E-state index contributed by atoms with van der Waals surface area (Å²) in [6, 6.07) is 13.5. The molecule has 0 aliphatic heterocycles. The molecule has 2 rings (SSSR count). The Labute approximate surface area is 163 Å². The van der Waals surface area contributed by atoms with E-state index in [4.69, 9.17) is 0 Å². The molecule has 2 amide bonds. The van der Waals surface area contributed by atoms with Crippen molar-refractivity contribution in [2.75, 3.05) is 18.4 Å². The average Bonchev–Trinajstić information content (AvgIpc) is 2.65. The Hall–Kier alpha value is -3.42. The lowest BCUT2D eigenvalue weighted by atomic mass is 10.0. The summed E-state index contributed by atoms with van der Waals surface area (Å²) in [5.41, 5.74) is 2.33. The quantitative estimate of drug-likeness (QED) is 0.349. The smallest absolute Gasteiger partial charge is 0.292 e. The van der Waals surface area contributed by atoms with Gasteiger partial charge in [-0.2, -0.15) is 0 Å². The molecule has 2 aromatic rings. The largest absolute Gasteiger partial charge is 0.378 e. The van der Waals surface area contributed by atoms with Crippen LogP contribution in [0.1, 0.15) is 30.5 Å². The first-order valence-electron chi connectivity index (χ1n) is 8.94. The lowest BCUT2D eigenvalue weighted by Crippen LogP contribution is -2.34. The van der Waals surface area contributed by atoms with Gasteiger partial charge in [-0.05, 0) is 18.6 Å². The first-order valence-corrected chi connectivity index (χ1v) is 8.94. The zero-order valence-corrected chi connectivity index (χ0v) is 15.9. The molecule has 1 atom stereocenters. The maximum absolute atomic E-state index is 12.3. The standard InChI is InChI=1S/C20H24N4O4/c1-14-7-9-16(10-8-14)18(23-15(2)25)13-20(26)22-12-11-21-17-5-3-4-6-19(17)24(27)28/h3-10,18,21H,11-13H2,1-2H3,(H,22,26)(H,23,25). The molecular formula is C20H24N4O4. The molecule has 0 aromatic heterocycles. The number of anilines is 1. The third kappa shape index (κ3) is 6.39. The second kappa shape index (κ2) is 10.1. The van der Waals surface area contributed by atoms with Crippen molar-refractivity contribution in [3.8, 4) is 0 Å². The summed E-state index contributed by atoms with van der Waals surface area (Å²) >= 11 is 0. The molecular weight excluding hydrogens is 360 g/mol. The van der Waals surface area contributed by atoms with E-state index in [1.807, 2.05) is 31.2 Å². The topological polar surface area (TPSA) is 113 Å². The van der Waals surface area contributed by atoms with Gasteiger partial charge in [0.05, 0.1) is 17.4 Å². The van der Waals surface area contributed by atoms with Gasteiger partial charge in [0.1, 0.15) is 5.69 Å². The number of hydrogen-bond acceptors (Lipinski definition) is 5. The maximum atomic E-state index is 12.3. The van der Waals surface area contributed by atoms with Crippen molar-refractivity contribution in [1.82, 2.24) is 10.6 Å². The van der Waals surface area contributed by atoms with Crippen LogP contribution in [0.15, 0.2) is 48.5 Å². The Kier molecular flexibility index (Phi) is 7.50. The Morgan fingerprint density at radius 2 is 1.75 bits per heavy atom. The number of nitro groups is 1. The second-order valence-corrected chi connectivity index (χ2v) is 6.42. The number of carbonyl (C=O) groups is 2. The van der Waals surface area contributed by atoms with Gasteiger partial charge in [0, 0.05) is 26.1 Å². The number of benzene rings is 2. The third-order valence-electron chi connectivity index (χ3n) is 4.11. The van der Waals surface area contributed by atoms with E-state index in [1.54, 1.807) is 18.2 Å². The molecule has 28 heavy (non-hydrogen) atoms. The van der Waals surface area contributed by atoms with Gasteiger partial charge in [-0.25, -0.2) is 0 Å². The van der Waals surface area contributed by atoms with Gasteiger partial charge in [-0.1, -0.05) is 42.0 Å². The predicted octanol–water partition coefficient (Wildman–Crippen LogP) is 2.70. The van der Waals surface area contributed by atoms with Crippen molar-refractivity contribution in [3.63, 3.8) is 0 Å². The van der Waals surface area contributed by atoms with E-state index in [0.717, 1.165) is 11.1 Å². The Morgan fingerprint density at radius 1 is 1.07 bits per heavy atom. The number of nitrogens with one attached hydrogen (secondary N) is 3. The van der Waals surface area contributed by atoms with E-state index in [0.29, 0.717) is 18.8 Å². The molecule has 0 saturated heterocycles. The van der Waals surface area contributed by atoms with Crippen molar-refractivity contribution in [1.29, 1.82) is 0 Å². The molecule has 0 fully saturated rings. The van der Waals surface area contributed by atoms with Gasteiger partial charge in [0.15, 0.2) is 0 Å². The fourth-order valence-electron chi connectivity index (χ4n) is 2.74. The van der Waals surface area contributed by atoms with E-state index < -0.39 is 11.0 Å². The zero-order chi connectivity index (χ0) is 20.5. The highest BCUT2D eigenvalue weighted by Crippen LogP contribution is 2.22. The Morgan fingerprint density at radius 3 is 2.39 bits per heavy atom.